The minimum atomic E-state index is 0.508. The zero-order valence-electron chi connectivity index (χ0n) is 15.2. The molecule has 0 bridgehead atoms. The van der Waals surface area contributed by atoms with E-state index in [9.17, 15) is 0 Å². The number of nitrogens with one attached hydrogen (secondary N) is 1. The molecule has 136 valence electrons. The Morgan fingerprint density at radius 3 is 2.04 bits per heavy atom. The normalized spacial score (nSPS) is 17.4. The van der Waals surface area contributed by atoms with Crippen molar-refractivity contribution < 1.29 is 0 Å². The smallest absolute Gasteiger partial charge is 0.250 e. The maximum atomic E-state index is 4.72. The Balaban J connectivity index is 1.56. The summed E-state index contributed by atoms with van der Waals surface area (Å²) < 4.78 is 0. The van der Waals surface area contributed by atoms with Gasteiger partial charge in [0.15, 0.2) is 0 Å². The van der Waals surface area contributed by atoms with Gasteiger partial charge in [-0.05, 0) is 43.7 Å². The van der Waals surface area contributed by atoms with Crippen molar-refractivity contribution in [1.29, 1.82) is 0 Å². The van der Waals surface area contributed by atoms with Crippen molar-refractivity contribution in [3.05, 3.63) is 35.4 Å². The highest BCUT2D eigenvalue weighted by atomic mass is 15.4. The van der Waals surface area contributed by atoms with E-state index in [0.717, 1.165) is 43.6 Å². The third kappa shape index (κ3) is 3.76. The Hall–Kier alpha value is -2.70. The molecule has 1 aromatic heterocycles. The minimum Gasteiger partial charge on any atom is -0.341 e. The zero-order chi connectivity index (χ0) is 17.8. The summed E-state index contributed by atoms with van der Waals surface area (Å²) in [6.45, 7) is 6.11. The SMILES string of the molecule is Cc1ccccc1/C=N/Nc1nc(N2CCCC2)nc(N2CCCC2)n1. The highest BCUT2D eigenvalue weighted by Gasteiger charge is 2.21. The lowest BCUT2D eigenvalue weighted by atomic mass is 10.1. The van der Waals surface area contributed by atoms with Crippen molar-refractivity contribution in [2.45, 2.75) is 32.6 Å². The number of hydrogen-bond acceptors (Lipinski definition) is 7. The summed E-state index contributed by atoms with van der Waals surface area (Å²) in [5.74, 6) is 2.02. The Labute approximate surface area is 154 Å². The van der Waals surface area contributed by atoms with Crippen LogP contribution in [0.2, 0.25) is 0 Å². The fraction of sp³-hybridized carbons (Fsp3) is 0.474. The molecule has 2 fully saturated rings. The topological polar surface area (TPSA) is 69.5 Å². The second kappa shape index (κ2) is 7.68. The highest BCUT2D eigenvalue weighted by Crippen LogP contribution is 2.22. The summed E-state index contributed by atoms with van der Waals surface area (Å²) in [7, 11) is 0. The fourth-order valence-corrected chi connectivity index (χ4v) is 3.41. The second-order valence-corrected chi connectivity index (χ2v) is 6.87. The van der Waals surface area contributed by atoms with Crippen LogP contribution in [0.25, 0.3) is 0 Å². The number of benzene rings is 1. The minimum absolute atomic E-state index is 0.508. The third-order valence-corrected chi connectivity index (χ3v) is 4.95. The molecule has 2 aromatic rings. The molecular formula is C19H25N7. The van der Waals surface area contributed by atoms with E-state index >= 15 is 0 Å². The standard InChI is InChI=1S/C19H25N7/c1-15-8-2-3-9-16(15)14-20-24-17-21-18(25-10-4-5-11-25)23-19(22-17)26-12-6-7-13-26/h2-3,8-9,14H,4-7,10-13H2,1H3,(H,21,22,23,24)/b20-14+. The van der Waals surface area contributed by atoms with Crippen LogP contribution in [0, 0.1) is 6.92 Å². The van der Waals surface area contributed by atoms with Crippen LogP contribution in [-0.2, 0) is 0 Å². The molecule has 0 spiro atoms. The van der Waals surface area contributed by atoms with Crippen molar-refractivity contribution >= 4 is 24.1 Å². The summed E-state index contributed by atoms with van der Waals surface area (Å²) in [6, 6.07) is 8.14. The predicted octanol–water partition coefficient (Wildman–Crippen LogP) is 2.83. The van der Waals surface area contributed by atoms with Gasteiger partial charge in [-0.25, -0.2) is 5.43 Å². The lowest BCUT2D eigenvalue weighted by Gasteiger charge is -2.20. The first kappa shape index (κ1) is 16.8. The van der Waals surface area contributed by atoms with Gasteiger partial charge in [0.25, 0.3) is 0 Å². The quantitative estimate of drug-likeness (QED) is 0.660. The van der Waals surface area contributed by atoms with Crippen LogP contribution in [0.15, 0.2) is 29.4 Å². The van der Waals surface area contributed by atoms with E-state index in [1.165, 1.54) is 31.2 Å². The monoisotopic (exact) mass is 351 g/mol. The maximum Gasteiger partial charge on any atom is 0.250 e. The van der Waals surface area contributed by atoms with Gasteiger partial charge in [-0.3, -0.25) is 0 Å². The van der Waals surface area contributed by atoms with E-state index in [2.05, 4.69) is 43.3 Å². The lowest BCUT2D eigenvalue weighted by Crippen LogP contribution is -2.25. The first-order valence-electron chi connectivity index (χ1n) is 9.40. The number of aromatic nitrogens is 3. The van der Waals surface area contributed by atoms with E-state index in [4.69, 9.17) is 4.98 Å². The van der Waals surface area contributed by atoms with Crippen molar-refractivity contribution in [3.63, 3.8) is 0 Å². The van der Waals surface area contributed by atoms with Crippen molar-refractivity contribution in [3.8, 4) is 0 Å². The molecule has 3 heterocycles. The van der Waals surface area contributed by atoms with Crippen molar-refractivity contribution in [2.75, 3.05) is 41.4 Å². The Bertz CT molecular complexity index is 743. The Morgan fingerprint density at radius 1 is 0.885 bits per heavy atom. The molecule has 1 N–H and O–H groups in total. The molecular weight excluding hydrogens is 326 g/mol. The number of hydrogen-bond donors (Lipinski definition) is 1. The molecule has 0 unspecified atom stereocenters. The molecule has 2 aliphatic rings. The van der Waals surface area contributed by atoms with Gasteiger partial charge in [0.05, 0.1) is 6.21 Å². The van der Waals surface area contributed by atoms with E-state index in [0.29, 0.717) is 5.95 Å². The van der Waals surface area contributed by atoms with E-state index < -0.39 is 0 Å². The maximum absolute atomic E-state index is 4.72. The van der Waals surface area contributed by atoms with Crippen LogP contribution in [0.4, 0.5) is 17.8 Å². The summed E-state index contributed by atoms with van der Waals surface area (Å²) in [5, 5.41) is 4.34. The highest BCUT2D eigenvalue weighted by molar-refractivity contribution is 5.81. The van der Waals surface area contributed by atoms with Gasteiger partial charge in [-0.1, -0.05) is 24.3 Å². The van der Waals surface area contributed by atoms with Crippen LogP contribution in [-0.4, -0.2) is 47.3 Å². The van der Waals surface area contributed by atoms with E-state index in [1.807, 2.05) is 24.4 Å². The van der Waals surface area contributed by atoms with Crippen molar-refractivity contribution in [1.82, 2.24) is 15.0 Å². The summed E-state index contributed by atoms with van der Waals surface area (Å²) in [5.41, 5.74) is 5.26. The number of aryl methyl sites for hydroxylation is 1. The number of nitrogens with zero attached hydrogens (tertiary/aromatic N) is 6. The van der Waals surface area contributed by atoms with Gasteiger partial charge in [0.1, 0.15) is 0 Å². The molecule has 2 saturated heterocycles. The first-order valence-corrected chi connectivity index (χ1v) is 9.40. The summed E-state index contributed by atoms with van der Waals surface area (Å²) in [6.07, 6.45) is 6.58. The molecule has 7 nitrogen and oxygen atoms in total. The molecule has 0 atom stereocenters. The zero-order valence-corrected chi connectivity index (χ0v) is 15.2. The fourth-order valence-electron chi connectivity index (χ4n) is 3.41. The molecule has 0 saturated carbocycles. The van der Waals surface area contributed by atoms with Gasteiger partial charge in [0.2, 0.25) is 17.8 Å². The number of anilines is 3. The largest absolute Gasteiger partial charge is 0.341 e. The lowest BCUT2D eigenvalue weighted by molar-refractivity contribution is 0.838. The average molecular weight is 351 g/mol. The van der Waals surface area contributed by atoms with Crippen molar-refractivity contribution in [2.24, 2.45) is 5.10 Å². The molecule has 4 rings (SSSR count). The van der Waals surface area contributed by atoms with Crippen LogP contribution >= 0.6 is 0 Å². The van der Waals surface area contributed by atoms with Crippen LogP contribution in [0.5, 0.6) is 0 Å². The molecule has 0 radical (unpaired) electrons. The molecule has 2 aliphatic heterocycles. The van der Waals surface area contributed by atoms with Crippen LogP contribution < -0.4 is 15.2 Å². The molecule has 7 heteroatoms. The molecule has 1 aromatic carbocycles. The van der Waals surface area contributed by atoms with Gasteiger partial charge in [0, 0.05) is 26.2 Å². The van der Waals surface area contributed by atoms with Gasteiger partial charge in [-0.15, -0.1) is 0 Å². The van der Waals surface area contributed by atoms with Gasteiger partial charge < -0.3 is 9.80 Å². The molecule has 0 amide bonds. The van der Waals surface area contributed by atoms with Gasteiger partial charge in [-0.2, -0.15) is 20.1 Å². The van der Waals surface area contributed by atoms with E-state index in [1.54, 1.807) is 0 Å². The third-order valence-electron chi connectivity index (χ3n) is 4.95. The summed E-state index contributed by atoms with van der Waals surface area (Å²) >= 11 is 0. The average Bonchev–Trinajstić information content (AvgIpc) is 3.37. The first-order chi connectivity index (χ1) is 12.8. The molecule has 26 heavy (non-hydrogen) atoms. The van der Waals surface area contributed by atoms with Crippen LogP contribution in [0.1, 0.15) is 36.8 Å². The Kier molecular flexibility index (Phi) is 4.95. The number of rotatable bonds is 5. The number of hydrazone groups is 1. The molecule has 0 aliphatic carbocycles. The predicted molar refractivity (Wildman–Crippen MR) is 105 cm³/mol. The van der Waals surface area contributed by atoms with E-state index in [-0.39, 0.29) is 0 Å². The second-order valence-electron chi connectivity index (χ2n) is 6.87. The van der Waals surface area contributed by atoms with Crippen LogP contribution in [0.3, 0.4) is 0 Å². The summed E-state index contributed by atoms with van der Waals surface area (Å²) in [4.78, 5) is 18.4. The Morgan fingerprint density at radius 2 is 1.46 bits per heavy atom. The van der Waals surface area contributed by atoms with Gasteiger partial charge >= 0.3 is 0 Å².